The van der Waals surface area contributed by atoms with Gasteiger partial charge in [0.05, 0.1) is 23.2 Å². The smallest absolute Gasteiger partial charge is 0.328 e. The molecule has 10 nitrogen and oxygen atoms in total. The third-order valence-electron chi connectivity index (χ3n) is 6.11. The zero-order valence-corrected chi connectivity index (χ0v) is 16.3. The number of morpholine rings is 1. The monoisotopic (exact) mass is 402 g/mol. The van der Waals surface area contributed by atoms with E-state index in [4.69, 9.17) is 4.74 Å². The molecule has 0 saturated carbocycles. The number of fused-ring (bicyclic) bond motifs is 4. The van der Waals surface area contributed by atoms with Gasteiger partial charge in [-0.3, -0.25) is 30.3 Å². The molecule has 154 valence electrons. The third-order valence-corrected chi connectivity index (χ3v) is 6.11. The molecule has 3 aliphatic heterocycles. The van der Waals surface area contributed by atoms with E-state index in [0.717, 1.165) is 5.69 Å². The van der Waals surface area contributed by atoms with Crippen LogP contribution in [0.4, 0.5) is 16.2 Å². The minimum Gasteiger partial charge on any atom is -0.371 e. The van der Waals surface area contributed by atoms with Crippen molar-refractivity contribution in [3.63, 3.8) is 0 Å². The quantitative estimate of drug-likeness (QED) is 0.430. The second-order valence-electron chi connectivity index (χ2n) is 8.18. The zero-order chi connectivity index (χ0) is 21.1. The minimum atomic E-state index is -1.63. The summed E-state index contributed by atoms with van der Waals surface area (Å²) in [4.78, 5) is 50.4. The molecule has 3 heterocycles. The Bertz CT molecular complexity index is 909. The SMILES string of the molecule is CC(C)[C@@H]1CN2c3ccc([N+](=O)[O-])cc3CC3(C(=O)NC(=O)NC3=O)[C@H]2[C@H](C)O1. The van der Waals surface area contributed by atoms with E-state index in [0.29, 0.717) is 12.1 Å². The summed E-state index contributed by atoms with van der Waals surface area (Å²) in [6.07, 6.45) is -0.684. The van der Waals surface area contributed by atoms with Gasteiger partial charge < -0.3 is 9.64 Å². The van der Waals surface area contributed by atoms with Gasteiger partial charge in [-0.15, -0.1) is 0 Å². The summed E-state index contributed by atoms with van der Waals surface area (Å²) in [6.45, 7) is 6.27. The minimum absolute atomic E-state index is 0.0594. The number of ether oxygens (including phenoxy) is 1. The molecule has 1 aromatic rings. The molecule has 10 heteroatoms. The normalized spacial score (nSPS) is 27.9. The van der Waals surface area contributed by atoms with E-state index in [1.807, 2.05) is 18.7 Å². The molecule has 2 saturated heterocycles. The first kappa shape index (κ1) is 19.3. The number of non-ortho nitro benzene ring substituents is 1. The highest BCUT2D eigenvalue weighted by molar-refractivity contribution is 6.20. The number of nitro groups is 1. The van der Waals surface area contributed by atoms with Gasteiger partial charge in [0.15, 0.2) is 5.41 Å². The number of rotatable bonds is 2. The second kappa shape index (κ2) is 6.51. The summed E-state index contributed by atoms with van der Waals surface area (Å²) in [7, 11) is 0. The summed E-state index contributed by atoms with van der Waals surface area (Å²) in [5, 5.41) is 15.7. The van der Waals surface area contributed by atoms with Crippen molar-refractivity contribution in [2.24, 2.45) is 11.3 Å². The summed E-state index contributed by atoms with van der Waals surface area (Å²) < 4.78 is 6.15. The predicted octanol–water partition coefficient (Wildman–Crippen LogP) is 1.12. The molecule has 0 unspecified atom stereocenters. The molecule has 0 aromatic heterocycles. The summed E-state index contributed by atoms with van der Waals surface area (Å²) in [5.41, 5.74) is -0.486. The summed E-state index contributed by atoms with van der Waals surface area (Å²) >= 11 is 0. The van der Waals surface area contributed by atoms with Gasteiger partial charge in [0.2, 0.25) is 11.8 Å². The molecule has 3 aliphatic rings. The Morgan fingerprint density at radius 3 is 2.48 bits per heavy atom. The summed E-state index contributed by atoms with van der Waals surface area (Å²) in [5.74, 6) is -1.23. The molecular formula is C19H22N4O6. The van der Waals surface area contributed by atoms with Crippen LogP contribution in [-0.4, -0.2) is 47.6 Å². The Balaban J connectivity index is 1.90. The van der Waals surface area contributed by atoms with Gasteiger partial charge in [0.25, 0.3) is 5.69 Å². The standard InChI is InChI=1S/C19H22N4O6/c1-9(2)14-8-22-13-5-4-12(23(27)28)6-11(13)7-19(15(22)10(3)29-14)16(24)20-18(26)21-17(19)25/h4-6,9-10,14-15H,7-8H2,1-3H3,(H2,20,21,24,25,26)/t10-,14-,15+/m0/s1. The van der Waals surface area contributed by atoms with E-state index in [2.05, 4.69) is 10.6 Å². The van der Waals surface area contributed by atoms with Crippen LogP contribution in [0.2, 0.25) is 0 Å². The molecule has 1 aromatic carbocycles. The Kier molecular flexibility index (Phi) is 4.34. The van der Waals surface area contributed by atoms with Crippen LogP contribution in [-0.2, 0) is 20.7 Å². The van der Waals surface area contributed by atoms with Gasteiger partial charge in [-0.05, 0) is 24.5 Å². The number of urea groups is 1. The van der Waals surface area contributed by atoms with Crippen LogP contribution in [0, 0.1) is 21.4 Å². The van der Waals surface area contributed by atoms with Gasteiger partial charge in [0, 0.05) is 30.8 Å². The molecule has 2 fully saturated rings. The van der Waals surface area contributed by atoms with E-state index in [9.17, 15) is 24.5 Å². The van der Waals surface area contributed by atoms with Crippen LogP contribution >= 0.6 is 0 Å². The highest BCUT2D eigenvalue weighted by Gasteiger charge is 2.63. The number of amides is 4. The van der Waals surface area contributed by atoms with E-state index in [1.165, 1.54) is 12.1 Å². The Hall–Kier alpha value is -3.01. The van der Waals surface area contributed by atoms with Gasteiger partial charge in [0.1, 0.15) is 0 Å². The maximum Gasteiger partial charge on any atom is 0.328 e. The van der Waals surface area contributed by atoms with Gasteiger partial charge in [-0.25, -0.2) is 4.79 Å². The van der Waals surface area contributed by atoms with E-state index < -0.39 is 40.3 Å². The van der Waals surface area contributed by atoms with Crippen molar-refractivity contribution in [1.29, 1.82) is 0 Å². The fourth-order valence-electron chi connectivity index (χ4n) is 4.74. The maximum atomic E-state index is 13.0. The average molecular weight is 402 g/mol. The fraction of sp³-hybridized carbons (Fsp3) is 0.526. The van der Waals surface area contributed by atoms with E-state index >= 15 is 0 Å². The van der Waals surface area contributed by atoms with Gasteiger partial charge in [-0.1, -0.05) is 13.8 Å². The Morgan fingerprint density at radius 1 is 1.24 bits per heavy atom. The van der Waals surface area contributed by atoms with Crippen molar-refractivity contribution in [1.82, 2.24) is 10.6 Å². The number of barbiturate groups is 1. The van der Waals surface area contributed by atoms with E-state index in [1.54, 1.807) is 13.0 Å². The number of nitrogens with zero attached hydrogens (tertiary/aromatic N) is 2. The first-order valence-corrected chi connectivity index (χ1v) is 9.51. The molecule has 0 aliphatic carbocycles. The molecule has 2 N–H and O–H groups in total. The molecular weight excluding hydrogens is 380 g/mol. The third kappa shape index (κ3) is 2.78. The van der Waals surface area contributed by atoms with Crippen molar-refractivity contribution in [2.75, 3.05) is 11.4 Å². The largest absolute Gasteiger partial charge is 0.371 e. The number of nitro benzene ring substituents is 1. The lowest BCUT2D eigenvalue weighted by molar-refractivity contribution is -0.384. The molecule has 1 spiro atoms. The lowest BCUT2D eigenvalue weighted by Crippen LogP contribution is -2.75. The molecule has 29 heavy (non-hydrogen) atoms. The molecule has 3 atom stereocenters. The predicted molar refractivity (Wildman–Crippen MR) is 101 cm³/mol. The fourth-order valence-corrected chi connectivity index (χ4v) is 4.74. The number of anilines is 1. The number of carbonyl (C=O) groups is 3. The molecule has 0 radical (unpaired) electrons. The number of hydrogen-bond donors (Lipinski definition) is 2. The number of imide groups is 2. The van der Waals surface area contributed by atoms with Crippen molar-refractivity contribution >= 4 is 29.2 Å². The Morgan fingerprint density at radius 2 is 1.90 bits per heavy atom. The van der Waals surface area contributed by atoms with Crippen LogP contribution in [0.25, 0.3) is 0 Å². The lowest BCUT2D eigenvalue weighted by atomic mass is 9.66. The van der Waals surface area contributed by atoms with Crippen molar-refractivity contribution in [2.45, 2.75) is 45.4 Å². The second-order valence-corrected chi connectivity index (χ2v) is 8.18. The Labute approximate surface area is 166 Å². The first-order valence-electron chi connectivity index (χ1n) is 9.51. The van der Waals surface area contributed by atoms with Crippen LogP contribution in [0.1, 0.15) is 26.3 Å². The van der Waals surface area contributed by atoms with Gasteiger partial charge in [-0.2, -0.15) is 0 Å². The number of nitrogens with one attached hydrogen (secondary N) is 2. The average Bonchev–Trinajstić information content (AvgIpc) is 2.64. The number of hydrogen-bond acceptors (Lipinski definition) is 7. The first-order chi connectivity index (χ1) is 13.6. The topological polar surface area (TPSA) is 131 Å². The highest BCUT2D eigenvalue weighted by atomic mass is 16.6. The van der Waals surface area contributed by atoms with Crippen LogP contribution in [0.3, 0.4) is 0 Å². The van der Waals surface area contributed by atoms with Crippen molar-refractivity contribution < 1.29 is 24.0 Å². The van der Waals surface area contributed by atoms with Crippen molar-refractivity contribution in [3.8, 4) is 0 Å². The highest BCUT2D eigenvalue weighted by Crippen LogP contribution is 2.47. The molecule has 4 amide bonds. The lowest BCUT2D eigenvalue weighted by Gasteiger charge is -2.56. The van der Waals surface area contributed by atoms with Crippen LogP contribution in [0.5, 0.6) is 0 Å². The number of carbonyl (C=O) groups excluding carboxylic acids is 3. The van der Waals surface area contributed by atoms with Crippen LogP contribution in [0.15, 0.2) is 18.2 Å². The molecule has 0 bridgehead atoms. The molecule has 4 rings (SSSR count). The van der Waals surface area contributed by atoms with Gasteiger partial charge >= 0.3 is 6.03 Å². The maximum absolute atomic E-state index is 13.0. The van der Waals surface area contributed by atoms with Crippen molar-refractivity contribution in [3.05, 3.63) is 33.9 Å². The number of benzene rings is 1. The van der Waals surface area contributed by atoms with Crippen LogP contribution < -0.4 is 15.5 Å². The van der Waals surface area contributed by atoms with E-state index in [-0.39, 0.29) is 24.1 Å². The summed E-state index contributed by atoms with van der Waals surface area (Å²) in [6, 6.07) is 2.95. The zero-order valence-electron chi connectivity index (χ0n) is 16.3.